The van der Waals surface area contributed by atoms with Crippen molar-refractivity contribution in [3.63, 3.8) is 0 Å². The molecule has 0 aliphatic carbocycles. The molecule has 0 aliphatic heterocycles. The number of aryl methyl sites for hydroxylation is 2. The number of aromatic nitrogens is 4. The van der Waals surface area contributed by atoms with Crippen LogP contribution < -0.4 is 10.1 Å². The van der Waals surface area contributed by atoms with Gasteiger partial charge in [-0.1, -0.05) is 30.3 Å². The zero-order valence-electron chi connectivity index (χ0n) is 18.6. The second kappa shape index (κ2) is 9.18. The summed E-state index contributed by atoms with van der Waals surface area (Å²) in [6.07, 6.45) is 2.10. The van der Waals surface area contributed by atoms with Crippen molar-refractivity contribution in [2.75, 3.05) is 7.11 Å². The van der Waals surface area contributed by atoms with Crippen LogP contribution in [0.3, 0.4) is 0 Å². The lowest BCUT2D eigenvalue weighted by atomic mass is 10.1. The van der Waals surface area contributed by atoms with Gasteiger partial charge in [-0.05, 0) is 45.0 Å². The lowest BCUT2D eigenvalue weighted by molar-refractivity contribution is 0.415. The van der Waals surface area contributed by atoms with Gasteiger partial charge in [-0.15, -0.1) is 0 Å². The van der Waals surface area contributed by atoms with Gasteiger partial charge < -0.3 is 10.1 Å². The highest BCUT2D eigenvalue weighted by molar-refractivity contribution is 5.65. The van der Waals surface area contributed by atoms with Crippen LogP contribution in [0.25, 0.3) is 16.9 Å². The average molecular weight is 416 g/mol. The molecule has 0 radical (unpaired) electrons. The first-order valence-corrected chi connectivity index (χ1v) is 10.6. The van der Waals surface area contributed by atoms with Crippen molar-refractivity contribution >= 4 is 0 Å². The summed E-state index contributed by atoms with van der Waals surface area (Å²) in [5, 5.41) is 13.1. The molecule has 0 saturated carbocycles. The molecule has 31 heavy (non-hydrogen) atoms. The van der Waals surface area contributed by atoms with Crippen molar-refractivity contribution in [3.8, 4) is 22.7 Å². The van der Waals surface area contributed by atoms with Gasteiger partial charge in [0.05, 0.1) is 24.2 Å². The number of nitrogens with zero attached hydrogens (tertiary/aromatic N) is 4. The maximum atomic E-state index is 5.43. The highest BCUT2D eigenvalue weighted by Crippen LogP contribution is 2.27. The fraction of sp³-hybridized carbons (Fsp3) is 0.280. The quantitative estimate of drug-likeness (QED) is 0.454. The van der Waals surface area contributed by atoms with E-state index in [9.17, 15) is 0 Å². The third-order valence-corrected chi connectivity index (χ3v) is 5.60. The van der Waals surface area contributed by atoms with Crippen LogP contribution in [0, 0.1) is 13.8 Å². The minimum absolute atomic E-state index is 0.704. The van der Waals surface area contributed by atoms with Gasteiger partial charge in [0.25, 0.3) is 0 Å². The van der Waals surface area contributed by atoms with Gasteiger partial charge in [-0.3, -0.25) is 4.68 Å². The van der Waals surface area contributed by atoms with E-state index < -0.39 is 0 Å². The molecule has 2 heterocycles. The van der Waals surface area contributed by atoms with Crippen molar-refractivity contribution in [1.29, 1.82) is 0 Å². The van der Waals surface area contributed by atoms with Gasteiger partial charge in [0.15, 0.2) is 0 Å². The summed E-state index contributed by atoms with van der Waals surface area (Å²) in [7, 11) is 1.69. The first kappa shape index (κ1) is 20.9. The van der Waals surface area contributed by atoms with Gasteiger partial charge in [0.1, 0.15) is 5.75 Å². The number of benzene rings is 2. The largest absolute Gasteiger partial charge is 0.497 e. The summed E-state index contributed by atoms with van der Waals surface area (Å²) in [5.41, 5.74) is 7.73. The Bertz CT molecular complexity index is 1160. The Kier molecular flexibility index (Phi) is 6.18. The monoisotopic (exact) mass is 415 g/mol. The summed E-state index contributed by atoms with van der Waals surface area (Å²) in [5.74, 6) is 0.823. The molecule has 0 fully saturated rings. The van der Waals surface area contributed by atoms with E-state index in [1.54, 1.807) is 7.11 Å². The van der Waals surface area contributed by atoms with Crippen LogP contribution in [0.5, 0.6) is 5.75 Å². The Morgan fingerprint density at radius 3 is 2.48 bits per heavy atom. The fourth-order valence-corrected chi connectivity index (χ4v) is 3.89. The number of methoxy groups -OCH3 is 1. The molecule has 2 aromatic heterocycles. The van der Waals surface area contributed by atoms with E-state index in [0.717, 1.165) is 47.0 Å². The minimum Gasteiger partial charge on any atom is -0.497 e. The van der Waals surface area contributed by atoms with Crippen LogP contribution in [0.1, 0.15) is 29.4 Å². The van der Waals surface area contributed by atoms with E-state index in [1.807, 2.05) is 41.1 Å². The van der Waals surface area contributed by atoms with Gasteiger partial charge in [0, 0.05) is 48.2 Å². The van der Waals surface area contributed by atoms with Crippen LogP contribution in [0.15, 0.2) is 60.8 Å². The second-order valence-electron chi connectivity index (χ2n) is 7.58. The molecule has 1 N–H and O–H groups in total. The third kappa shape index (κ3) is 4.39. The van der Waals surface area contributed by atoms with Gasteiger partial charge >= 0.3 is 0 Å². The third-order valence-electron chi connectivity index (χ3n) is 5.60. The van der Waals surface area contributed by atoms with Crippen LogP contribution in [-0.4, -0.2) is 26.7 Å². The zero-order chi connectivity index (χ0) is 21.8. The summed E-state index contributed by atoms with van der Waals surface area (Å²) < 4.78 is 9.43. The molecule has 4 rings (SSSR count). The number of rotatable bonds is 8. The Morgan fingerprint density at radius 2 is 1.77 bits per heavy atom. The molecule has 0 aliphatic rings. The Balaban J connectivity index is 1.62. The van der Waals surface area contributed by atoms with Gasteiger partial charge in [-0.25, -0.2) is 4.68 Å². The minimum atomic E-state index is 0.704. The SMILES string of the molecule is CCn1nc(C)c(CNCc2cn(-c3ccccc3)nc2-c2cccc(OC)c2)c1C. The molecule has 0 unspecified atom stereocenters. The number of ether oxygens (including phenoxy) is 1. The predicted molar refractivity (Wildman–Crippen MR) is 123 cm³/mol. The molecule has 0 bridgehead atoms. The summed E-state index contributed by atoms with van der Waals surface area (Å²) in [6.45, 7) is 8.69. The average Bonchev–Trinajstić information content (AvgIpc) is 3.35. The zero-order valence-corrected chi connectivity index (χ0v) is 18.6. The molecular formula is C25H29N5O. The summed E-state index contributed by atoms with van der Waals surface area (Å²) in [6, 6.07) is 18.2. The van der Waals surface area contributed by atoms with Gasteiger partial charge in [-0.2, -0.15) is 10.2 Å². The van der Waals surface area contributed by atoms with E-state index >= 15 is 0 Å². The summed E-state index contributed by atoms with van der Waals surface area (Å²) in [4.78, 5) is 0. The molecule has 0 atom stereocenters. The first-order valence-electron chi connectivity index (χ1n) is 10.6. The molecule has 0 saturated heterocycles. The number of hydrogen-bond acceptors (Lipinski definition) is 4. The Morgan fingerprint density at radius 1 is 0.968 bits per heavy atom. The fourth-order valence-electron chi connectivity index (χ4n) is 3.89. The number of nitrogens with one attached hydrogen (secondary N) is 1. The lowest BCUT2D eigenvalue weighted by Crippen LogP contribution is -2.14. The van der Waals surface area contributed by atoms with E-state index in [2.05, 4.69) is 60.3 Å². The maximum absolute atomic E-state index is 5.43. The van der Waals surface area contributed by atoms with Crippen molar-refractivity contribution in [2.24, 2.45) is 0 Å². The van der Waals surface area contributed by atoms with Crippen LogP contribution >= 0.6 is 0 Å². The normalized spacial score (nSPS) is 11.1. The highest BCUT2D eigenvalue weighted by Gasteiger charge is 2.14. The van der Waals surface area contributed by atoms with E-state index in [-0.39, 0.29) is 0 Å². The first-order chi connectivity index (χ1) is 15.1. The van der Waals surface area contributed by atoms with Crippen LogP contribution in [-0.2, 0) is 19.6 Å². The van der Waals surface area contributed by atoms with Gasteiger partial charge in [0.2, 0.25) is 0 Å². The van der Waals surface area contributed by atoms with E-state index in [4.69, 9.17) is 9.84 Å². The molecule has 0 spiro atoms. The van der Waals surface area contributed by atoms with Crippen molar-refractivity contribution in [3.05, 3.63) is 83.3 Å². The van der Waals surface area contributed by atoms with E-state index in [0.29, 0.717) is 6.54 Å². The second-order valence-corrected chi connectivity index (χ2v) is 7.58. The predicted octanol–water partition coefficient (Wildman–Crippen LogP) is 4.67. The highest BCUT2D eigenvalue weighted by atomic mass is 16.5. The summed E-state index contributed by atoms with van der Waals surface area (Å²) >= 11 is 0. The number of hydrogen-bond donors (Lipinski definition) is 1. The topological polar surface area (TPSA) is 56.9 Å². The maximum Gasteiger partial charge on any atom is 0.119 e. The number of para-hydroxylation sites is 1. The smallest absolute Gasteiger partial charge is 0.119 e. The molecule has 6 heteroatoms. The standard InChI is InChI=1S/C25H29N5O/c1-5-29-19(3)24(18(2)27-29)16-26-15-21-17-30(22-11-7-6-8-12-22)28-25(21)20-10-9-13-23(14-20)31-4/h6-14,17,26H,5,15-16H2,1-4H3. The van der Waals surface area contributed by atoms with Crippen molar-refractivity contribution in [2.45, 2.75) is 40.4 Å². The van der Waals surface area contributed by atoms with Crippen molar-refractivity contribution < 1.29 is 4.74 Å². The Labute approximate surface area is 183 Å². The molecule has 6 nitrogen and oxygen atoms in total. The lowest BCUT2D eigenvalue weighted by Gasteiger charge is -2.07. The van der Waals surface area contributed by atoms with Crippen LogP contribution in [0.2, 0.25) is 0 Å². The molecule has 2 aromatic carbocycles. The van der Waals surface area contributed by atoms with Crippen molar-refractivity contribution in [1.82, 2.24) is 24.9 Å². The van der Waals surface area contributed by atoms with E-state index in [1.165, 1.54) is 11.3 Å². The Hall–Kier alpha value is -3.38. The molecule has 160 valence electrons. The molecule has 4 aromatic rings. The molecular weight excluding hydrogens is 386 g/mol. The van der Waals surface area contributed by atoms with Crippen LogP contribution in [0.4, 0.5) is 0 Å². The molecule has 0 amide bonds.